The maximum atomic E-state index is 9.54. The number of halogens is 5. The third kappa shape index (κ3) is 20.6. The normalized spacial score (nSPS) is 8.42. The van der Waals surface area contributed by atoms with Crippen LogP contribution in [0, 0.1) is 22.4 Å². The van der Waals surface area contributed by atoms with Crippen molar-refractivity contribution in [2.75, 3.05) is 5.43 Å². The Morgan fingerprint density at radius 1 is 1.13 bits per heavy atom. The summed E-state index contributed by atoms with van der Waals surface area (Å²) in [6, 6.07) is 10.3. The van der Waals surface area contributed by atoms with Crippen LogP contribution in [0.15, 0.2) is 40.8 Å². The molecule has 9 nitrogen and oxygen atoms in total. The first kappa shape index (κ1) is 42.2. The molecule has 0 aliphatic rings. The fourth-order valence-corrected chi connectivity index (χ4v) is 3.08. The van der Waals surface area contributed by atoms with Crippen LogP contribution in [-0.4, -0.2) is 25.9 Å². The Hall–Kier alpha value is -0.284. The van der Waals surface area contributed by atoms with E-state index in [-0.39, 0.29) is 62.5 Å². The standard InChI is InChI=1S/C9H7Cl2N3S.C6H6Cl2N2.C2H3ClO.C2H3NOS.CHNS.K/c1-5-12-9(15)13-14(5)8-3-2-6(10)4-7(8)11;7-4-1-2-6(10-9)5(8)3-4;1-2(3)4;1-2(4)3-5;2-1-3;/h2-4H,1H3,(H,13,15);1-3,10H,9H2;1H3;1H3;3H;/q;;;;;+1/p-1. The van der Waals surface area contributed by atoms with Gasteiger partial charge in [-0.25, -0.2) is 14.9 Å². The van der Waals surface area contributed by atoms with Crippen molar-refractivity contribution in [3.63, 3.8) is 0 Å². The van der Waals surface area contributed by atoms with Crippen LogP contribution in [0.1, 0.15) is 19.7 Å². The van der Waals surface area contributed by atoms with E-state index in [1.165, 1.54) is 19.2 Å². The molecule has 0 unspecified atom stereocenters. The van der Waals surface area contributed by atoms with Crippen LogP contribution in [-0.2, 0) is 34.6 Å². The summed E-state index contributed by atoms with van der Waals surface area (Å²) in [6.45, 7) is 4.45. The van der Waals surface area contributed by atoms with Crippen LogP contribution < -0.4 is 62.7 Å². The number of nitrogen functional groups attached to an aromatic ring is 1. The molecule has 1 amide bonds. The predicted octanol–water partition coefficient (Wildman–Crippen LogP) is 3.88. The number of benzene rings is 2. The molecule has 0 atom stereocenters. The zero-order valence-corrected chi connectivity index (χ0v) is 29.6. The number of thiocyanates is 1. The van der Waals surface area contributed by atoms with Gasteiger partial charge in [-0.1, -0.05) is 51.8 Å². The van der Waals surface area contributed by atoms with E-state index in [0.29, 0.717) is 30.5 Å². The van der Waals surface area contributed by atoms with Crippen LogP contribution in [0.2, 0.25) is 20.1 Å². The second-order valence-corrected chi connectivity index (χ2v) is 8.92. The minimum Gasteiger partial charge on any atom is -0.696 e. The van der Waals surface area contributed by atoms with E-state index in [4.69, 9.17) is 69.7 Å². The molecule has 0 aliphatic carbocycles. The number of rotatable bonds is 2. The van der Waals surface area contributed by atoms with E-state index in [1.807, 2.05) is 13.0 Å². The van der Waals surface area contributed by atoms with E-state index in [1.54, 1.807) is 35.0 Å². The number of carbonyl (C=O) groups excluding carboxylic acids is 2. The average Bonchev–Trinajstić information content (AvgIpc) is 3.12. The van der Waals surface area contributed by atoms with Gasteiger partial charge < -0.3 is 18.1 Å². The number of nitriles is 1. The van der Waals surface area contributed by atoms with Gasteiger partial charge in [0.05, 0.1) is 21.4 Å². The van der Waals surface area contributed by atoms with E-state index < -0.39 is 0 Å². The Morgan fingerprint density at radius 2 is 1.55 bits per heavy atom. The molecule has 0 radical (unpaired) electrons. The number of nitrogens with zero attached hydrogens (tertiary/aromatic N) is 4. The molecule has 1 heterocycles. The number of aromatic nitrogens is 3. The molecule has 0 bridgehead atoms. The van der Waals surface area contributed by atoms with Crippen molar-refractivity contribution in [1.82, 2.24) is 14.8 Å². The average molecular weight is 702 g/mol. The fourth-order valence-electron chi connectivity index (χ4n) is 1.90. The molecule has 3 rings (SSSR count). The van der Waals surface area contributed by atoms with Crippen molar-refractivity contribution in [2.45, 2.75) is 20.8 Å². The van der Waals surface area contributed by atoms with Gasteiger partial charge in [-0.05, 0) is 67.1 Å². The topological polar surface area (TPSA) is 142 Å². The van der Waals surface area contributed by atoms with E-state index in [2.05, 4.69) is 56.5 Å². The van der Waals surface area contributed by atoms with Gasteiger partial charge in [-0.3, -0.25) is 20.5 Å². The van der Waals surface area contributed by atoms with Crippen molar-refractivity contribution in [3.8, 4) is 11.1 Å². The Labute approximate surface area is 303 Å². The first-order valence-corrected chi connectivity index (χ1v) is 12.3. The maximum Gasteiger partial charge on any atom is 1.00 e. The third-order valence-electron chi connectivity index (χ3n) is 3.16. The van der Waals surface area contributed by atoms with Crippen LogP contribution in [0.5, 0.6) is 0 Å². The smallest absolute Gasteiger partial charge is 0.696 e. The fraction of sp³-hybridized carbons (Fsp3) is 0.150. The predicted molar refractivity (Wildman–Crippen MR) is 158 cm³/mol. The summed E-state index contributed by atoms with van der Waals surface area (Å²) in [5.74, 6) is 5.57. The Balaban J connectivity index is -0.000000462. The van der Waals surface area contributed by atoms with E-state index >= 15 is 0 Å². The second kappa shape index (κ2) is 24.5. The van der Waals surface area contributed by atoms with Crippen molar-refractivity contribution in [3.05, 3.63) is 67.1 Å². The van der Waals surface area contributed by atoms with Crippen LogP contribution in [0.25, 0.3) is 5.69 Å². The number of aromatic amines is 1. The minimum atomic E-state index is -0.361. The van der Waals surface area contributed by atoms with Crippen molar-refractivity contribution in [1.29, 1.82) is 5.26 Å². The molecule has 1 aromatic heterocycles. The molecular weight excluding hydrogens is 683 g/mol. The minimum absolute atomic E-state index is 0. The molecule has 0 saturated carbocycles. The zero-order chi connectivity index (χ0) is 29.1. The molecular formula is C20H19Cl5KN7O2S3. The number of aryl methyl sites for hydroxylation is 1. The number of hydrogen-bond donors (Lipinski definition) is 3. The number of hydrogen-bond acceptors (Lipinski definition) is 9. The van der Waals surface area contributed by atoms with Crippen LogP contribution >= 0.6 is 70.2 Å². The molecule has 3 aromatic rings. The van der Waals surface area contributed by atoms with Gasteiger partial charge in [0.15, 0.2) is 0 Å². The van der Waals surface area contributed by atoms with Gasteiger partial charge in [-0.15, -0.1) is 4.36 Å². The summed E-state index contributed by atoms with van der Waals surface area (Å²) in [4.78, 5) is 22.8. The van der Waals surface area contributed by atoms with Gasteiger partial charge >= 0.3 is 51.4 Å². The zero-order valence-electron chi connectivity index (χ0n) is 20.3. The number of carbonyl (C=O) groups is 2. The van der Waals surface area contributed by atoms with Crippen LogP contribution in [0.4, 0.5) is 5.69 Å². The first-order valence-electron chi connectivity index (χ1n) is 9.27. The van der Waals surface area contributed by atoms with Crippen LogP contribution in [0.3, 0.4) is 0 Å². The number of nitrogens with one attached hydrogen (secondary N) is 2. The maximum absolute atomic E-state index is 9.54. The third-order valence-corrected chi connectivity index (χ3v) is 4.69. The largest absolute Gasteiger partial charge is 1.00 e. The summed E-state index contributed by atoms with van der Waals surface area (Å²) in [7, 11) is 0. The number of nitrogens with two attached hydrogens (primary N) is 1. The number of amides is 1. The Bertz CT molecular complexity index is 1280. The molecule has 0 spiro atoms. The molecule has 0 fully saturated rings. The summed E-state index contributed by atoms with van der Waals surface area (Å²) >= 11 is 40.4. The second-order valence-electron chi connectivity index (χ2n) is 5.95. The molecule has 18 heteroatoms. The SMILES string of the molecule is CC(=O)Cl.CC(=O)N=S.Cc1nc(=S)[nH]n1-c1ccc(Cl)cc1Cl.N#C[S-].NNc1ccc(Cl)cc1Cl.[K+]. The summed E-state index contributed by atoms with van der Waals surface area (Å²) in [6.07, 6.45) is 0. The van der Waals surface area contributed by atoms with Gasteiger partial charge in [0.25, 0.3) is 5.91 Å². The molecule has 0 aliphatic heterocycles. The summed E-state index contributed by atoms with van der Waals surface area (Å²) in [5.41, 5.74) is 3.88. The summed E-state index contributed by atoms with van der Waals surface area (Å²) in [5, 5.41) is 13.3. The van der Waals surface area contributed by atoms with Gasteiger partial charge in [0.2, 0.25) is 10.0 Å². The molecule has 0 saturated heterocycles. The van der Waals surface area contributed by atoms with E-state index in [9.17, 15) is 9.59 Å². The molecule has 200 valence electrons. The summed E-state index contributed by atoms with van der Waals surface area (Å²) < 4.78 is 4.99. The van der Waals surface area contributed by atoms with Crippen molar-refractivity contribution >= 4 is 112 Å². The Morgan fingerprint density at radius 3 is 1.87 bits per heavy atom. The first-order chi connectivity index (χ1) is 17.2. The number of anilines is 1. The molecule has 4 N–H and O–H groups in total. The van der Waals surface area contributed by atoms with Crippen molar-refractivity contribution < 1.29 is 61.0 Å². The van der Waals surface area contributed by atoms with Gasteiger partial charge in [0.1, 0.15) is 5.82 Å². The number of hydrazine groups is 1. The van der Waals surface area contributed by atoms with Crippen molar-refractivity contribution in [2.24, 2.45) is 10.2 Å². The molecule has 2 aromatic carbocycles. The quantitative estimate of drug-likeness (QED) is 0.0691. The van der Waals surface area contributed by atoms with Gasteiger partial charge in [0, 0.05) is 36.3 Å². The van der Waals surface area contributed by atoms with E-state index in [0.717, 1.165) is 11.5 Å². The molecule has 38 heavy (non-hydrogen) atoms. The Kier molecular flexibility index (Phi) is 27.2. The number of H-pyrrole nitrogens is 1. The monoisotopic (exact) mass is 699 g/mol. The van der Waals surface area contributed by atoms with Gasteiger partial charge in [-0.2, -0.15) is 0 Å².